The summed E-state index contributed by atoms with van der Waals surface area (Å²) < 4.78 is 2.49. The van der Waals surface area contributed by atoms with Crippen molar-refractivity contribution >= 4 is 57.3 Å². The Balaban J connectivity index is 1.13. The Bertz CT molecular complexity index is 2810. The fourth-order valence-electron chi connectivity index (χ4n) is 8.51. The number of hydrogen-bond donors (Lipinski definition) is 0. The number of benzene rings is 8. The van der Waals surface area contributed by atoms with Crippen molar-refractivity contribution in [1.29, 1.82) is 0 Å². The Labute approximate surface area is 311 Å². The lowest BCUT2D eigenvalue weighted by Crippen LogP contribution is -2.58. The molecule has 9 aromatic rings. The molecule has 1 aliphatic rings. The van der Waals surface area contributed by atoms with Crippen LogP contribution in [0.3, 0.4) is 0 Å². The fourth-order valence-corrected chi connectivity index (χ4v) is 11.5. The summed E-state index contributed by atoms with van der Waals surface area (Å²) in [5, 5.41) is 5.46. The fraction of sp³-hybridized carbons (Fsp3) is 0.0400. The van der Waals surface area contributed by atoms with Crippen molar-refractivity contribution in [2.75, 3.05) is 4.90 Å². The Kier molecular flexibility index (Phi) is 7.31. The summed E-state index contributed by atoms with van der Waals surface area (Å²) in [6, 6.07) is 71.3. The molecule has 252 valence electrons. The van der Waals surface area contributed by atoms with Crippen molar-refractivity contribution in [3.8, 4) is 39.1 Å². The van der Waals surface area contributed by atoms with Gasteiger partial charge in [0.2, 0.25) is 0 Å². The van der Waals surface area contributed by atoms with Gasteiger partial charge in [-0.05, 0) is 104 Å². The summed E-state index contributed by atoms with van der Waals surface area (Å²) in [4.78, 5) is 2.48. The predicted molar refractivity (Wildman–Crippen MR) is 229 cm³/mol. The number of fused-ring (bicyclic) bond motifs is 5. The molecule has 0 bridgehead atoms. The van der Waals surface area contributed by atoms with Crippen LogP contribution in [-0.2, 0) is 0 Å². The van der Waals surface area contributed by atoms with Gasteiger partial charge in [0.1, 0.15) is 8.07 Å². The lowest BCUT2D eigenvalue weighted by molar-refractivity contribution is 1.18. The van der Waals surface area contributed by atoms with Crippen molar-refractivity contribution in [2.24, 2.45) is 0 Å². The predicted octanol–water partition coefficient (Wildman–Crippen LogP) is 12.4. The number of rotatable bonds is 5. The number of hydrogen-bond acceptors (Lipinski definition) is 1. The Morgan fingerprint density at radius 1 is 0.340 bits per heavy atom. The minimum Gasteiger partial charge on any atom is -0.311 e. The summed E-state index contributed by atoms with van der Waals surface area (Å²) >= 11 is 0. The monoisotopic (exact) mass is 694 g/mol. The lowest BCUT2D eigenvalue weighted by atomic mass is 9.96. The summed E-state index contributed by atoms with van der Waals surface area (Å²) in [7, 11) is -2.08. The minimum atomic E-state index is -2.08. The van der Waals surface area contributed by atoms with Crippen molar-refractivity contribution in [3.05, 3.63) is 194 Å². The van der Waals surface area contributed by atoms with Gasteiger partial charge in [-0.1, -0.05) is 147 Å². The van der Waals surface area contributed by atoms with Crippen LogP contribution in [0.15, 0.2) is 194 Å². The number of aromatic nitrogens is 1. The second-order valence-electron chi connectivity index (χ2n) is 14.6. The molecule has 0 unspecified atom stereocenters. The van der Waals surface area contributed by atoms with Crippen LogP contribution in [0.2, 0.25) is 13.1 Å². The molecule has 0 saturated carbocycles. The maximum absolute atomic E-state index is 2.52. The second kappa shape index (κ2) is 12.4. The van der Waals surface area contributed by atoms with Gasteiger partial charge in [-0.3, -0.25) is 0 Å². The SMILES string of the molecule is C[Si]1(C)c2ccccc2N(c2ccccc2)c2cc3c4ccccc4n(-c4cccc(-c5cccc(-c6cccc(-c7ccccc7)c6)c5)c4)c3cc21. The van der Waals surface area contributed by atoms with E-state index >= 15 is 0 Å². The highest BCUT2D eigenvalue weighted by molar-refractivity contribution is 7.02. The van der Waals surface area contributed by atoms with E-state index in [1.165, 1.54) is 88.3 Å². The molecule has 0 amide bonds. The van der Waals surface area contributed by atoms with E-state index in [1.807, 2.05) is 0 Å². The average molecular weight is 695 g/mol. The molecular formula is C50H38N2Si. The molecule has 0 fully saturated rings. The molecule has 10 rings (SSSR count). The number of para-hydroxylation sites is 3. The molecule has 1 aliphatic heterocycles. The smallest absolute Gasteiger partial charge is 0.117 e. The summed E-state index contributed by atoms with van der Waals surface area (Å²) in [6.45, 7) is 5.02. The van der Waals surface area contributed by atoms with E-state index in [-0.39, 0.29) is 0 Å². The number of anilines is 3. The Morgan fingerprint density at radius 3 is 1.58 bits per heavy atom. The molecule has 0 saturated heterocycles. The molecule has 0 radical (unpaired) electrons. The molecule has 1 aromatic heterocycles. The first-order valence-electron chi connectivity index (χ1n) is 18.4. The largest absolute Gasteiger partial charge is 0.311 e. The van der Waals surface area contributed by atoms with E-state index < -0.39 is 8.07 Å². The molecule has 0 spiro atoms. The Morgan fingerprint density at radius 2 is 0.868 bits per heavy atom. The number of nitrogens with zero attached hydrogens (tertiary/aromatic N) is 2. The molecular weight excluding hydrogens is 657 g/mol. The first kappa shape index (κ1) is 31.3. The molecule has 0 atom stereocenters. The van der Waals surface area contributed by atoms with Crippen LogP contribution in [0, 0.1) is 0 Å². The van der Waals surface area contributed by atoms with Crippen LogP contribution in [0.5, 0.6) is 0 Å². The van der Waals surface area contributed by atoms with Crippen LogP contribution >= 0.6 is 0 Å². The molecule has 3 heteroatoms. The van der Waals surface area contributed by atoms with Crippen LogP contribution in [-0.4, -0.2) is 12.6 Å². The zero-order valence-electron chi connectivity index (χ0n) is 29.9. The summed E-state index contributed by atoms with van der Waals surface area (Å²) in [5.74, 6) is 0. The van der Waals surface area contributed by atoms with Gasteiger partial charge < -0.3 is 9.47 Å². The zero-order chi connectivity index (χ0) is 35.5. The van der Waals surface area contributed by atoms with Crippen LogP contribution in [0.1, 0.15) is 0 Å². The highest BCUT2D eigenvalue weighted by Crippen LogP contribution is 2.42. The highest BCUT2D eigenvalue weighted by atomic mass is 28.3. The maximum atomic E-state index is 2.52. The van der Waals surface area contributed by atoms with Gasteiger partial charge in [-0.2, -0.15) is 0 Å². The van der Waals surface area contributed by atoms with E-state index in [9.17, 15) is 0 Å². The van der Waals surface area contributed by atoms with Crippen molar-refractivity contribution < 1.29 is 0 Å². The Hall–Kier alpha value is -6.42. The molecule has 0 N–H and O–H groups in total. The van der Waals surface area contributed by atoms with E-state index in [0.29, 0.717) is 0 Å². The van der Waals surface area contributed by atoms with Gasteiger partial charge in [-0.25, -0.2) is 0 Å². The third-order valence-electron chi connectivity index (χ3n) is 11.1. The van der Waals surface area contributed by atoms with Gasteiger partial charge in [0.05, 0.1) is 11.0 Å². The topological polar surface area (TPSA) is 8.17 Å². The minimum absolute atomic E-state index is 1.17. The molecule has 0 aliphatic carbocycles. The lowest BCUT2D eigenvalue weighted by Gasteiger charge is -2.41. The second-order valence-corrected chi connectivity index (χ2v) is 19.0. The average Bonchev–Trinajstić information content (AvgIpc) is 3.55. The van der Waals surface area contributed by atoms with Gasteiger partial charge in [0.25, 0.3) is 0 Å². The van der Waals surface area contributed by atoms with Crippen LogP contribution < -0.4 is 15.3 Å². The van der Waals surface area contributed by atoms with E-state index in [1.54, 1.807) is 0 Å². The third kappa shape index (κ3) is 5.15. The molecule has 2 heterocycles. The normalized spacial score (nSPS) is 13.2. The van der Waals surface area contributed by atoms with Gasteiger partial charge >= 0.3 is 0 Å². The van der Waals surface area contributed by atoms with Gasteiger partial charge in [0, 0.05) is 33.5 Å². The van der Waals surface area contributed by atoms with E-state index in [4.69, 9.17) is 0 Å². The molecule has 2 nitrogen and oxygen atoms in total. The first-order valence-corrected chi connectivity index (χ1v) is 21.4. The summed E-state index contributed by atoms with van der Waals surface area (Å²) in [6.07, 6.45) is 0. The maximum Gasteiger partial charge on any atom is 0.117 e. The van der Waals surface area contributed by atoms with Gasteiger partial charge in [0.15, 0.2) is 0 Å². The molecule has 53 heavy (non-hydrogen) atoms. The van der Waals surface area contributed by atoms with Crippen molar-refractivity contribution in [1.82, 2.24) is 4.57 Å². The zero-order valence-corrected chi connectivity index (χ0v) is 30.9. The standard InChI is InChI=1S/C50H38N2Si/c1-53(2)49-29-12-11-28-46(49)51(41-23-7-4-8-24-41)48-33-44-43-26-9-10-27-45(43)52(47(44)34-50(48)53)42-25-15-22-40(32-42)39-21-14-20-38(31-39)37-19-13-18-36(30-37)35-16-5-3-6-17-35/h3-34H,1-2H3. The first-order chi connectivity index (χ1) is 26.0. The third-order valence-corrected chi connectivity index (χ3v) is 14.7. The van der Waals surface area contributed by atoms with Crippen molar-refractivity contribution in [3.63, 3.8) is 0 Å². The van der Waals surface area contributed by atoms with Crippen LogP contribution in [0.4, 0.5) is 17.1 Å². The van der Waals surface area contributed by atoms with Crippen molar-refractivity contribution in [2.45, 2.75) is 13.1 Å². The van der Waals surface area contributed by atoms with Crippen LogP contribution in [0.25, 0.3) is 60.9 Å². The van der Waals surface area contributed by atoms with Gasteiger partial charge in [-0.15, -0.1) is 0 Å². The van der Waals surface area contributed by atoms with E-state index in [0.717, 1.165) is 0 Å². The highest BCUT2D eigenvalue weighted by Gasteiger charge is 2.39. The summed E-state index contributed by atoms with van der Waals surface area (Å²) in [5.41, 5.74) is 14.7. The quantitative estimate of drug-likeness (QED) is 0.163. The molecule has 8 aromatic carbocycles. The van der Waals surface area contributed by atoms with E-state index in [2.05, 4.69) is 217 Å².